The molecule has 0 bridgehead atoms. The van der Waals surface area contributed by atoms with E-state index in [9.17, 15) is 9.59 Å². The molecule has 6 heteroatoms. The fourth-order valence-electron chi connectivity index (χ4n) is 1.86. The quantitative estimate of drug-likeness (QED) is 0.728. The lowest BCUT2D eigenvalue weighted by molar-refractivity contribution is -0.137. The number of carboxylic acid groups (broad SMARTS) is 1. The van der Waals surface area contributed by atoms with Crippen molar-refractivity contribution >= 4 is 17.6 Å². The van der Waals surface area contributed by atoms with Gasteiger partial charge in [0.05, 0.1) is 12.3 Å². The Kier molecular flexibility index (Phi) is 7.25. The summed E-state index contributed by atoms with van der Waals surface area (Å²) in [5, 5.41) is 11.4. The lowest BCUT2D eigenvalue weighted by Crippen LogP contribution is -2.17. The Bertz CT molecular complexity index is 487. The number of carbonyl (C=O) groups excluding carboxylic acids is 1. The van der Waals surface area contributed by atoms with E-state index in [2.05, 4.69) is 5.32 Å². The molecule has 1 aromatic carbocycles. The van der Waals surface area contributed by atoms with E-state index in [4.69, 9.17) is 14.6 Å². The molecule has 0 unspecified atom stereocenters. The number of ether oxygens (including phenoxy) is 2. The molecule has 21 heavy (non-hydrogen) atoms. The van der Waals surface area contributed by atoms with Crippen LogP contribution in [0.2, 0.25) is 0 Å². The summed E-state index contributed by atoms with van der Waals surface area (Å²) in [5.74, 6) is -0.477. The summed E-state index contributed by atoms with van der Waals surface area (Å²) in [7, 11) is 1.45. The highest BCUT2D eigenvalue weighted by molar-refractivity contribution is 5.93. The molecule has 0 aliphatic rings. The molecular weight excluding hydrogens is 274 g/mol. The number of nitrogens with one attached hydrogen (secondary N) is 1. The van der Waals surface area contributed by atoms with Crippen LogP contribution >= 0.6 is 0 Å². The Balaban J connectivity index is 2.75. The first kappa shape index (κ1) is 17.0. The van der Waals surface area contributed by atoms with Gasteiger partial charge in [-0.1, -0.05) is 6.07 Å². The van der Waals surface area contributed by atoms with Gasteiger partial charge in [0.15, 0.2) is 0 Å². The maximum atomic E-state index is 11.5. The van der Waals surface area contributed by atoms with Crippen LogP contribution in [0.5, 0.6) is 5.75 Å². The van der Waals surface area contributed by atoms with Gasteiger partial charge in [-0.15, -0.1) is 0 Å². The largest absolute Gasteiger partial charge is 0.492 e. The normalized spacial score (nSPS) is 10.2. The van der Waals surface area contributed by atoms with Gasteiger partial charge in [0.2, 0.25) is 5.91 Å². The van der Waals surface area contributed by atoms with Gasteiger partial charge < -0.3 is 19.9 Å². The molecule has 0 atom stereocenters. The highest BCUT2D eigenvalue weighted by Gasteiger charge is 2.09. The number of aryl methyl sites for hydroxylation is 1. The molecule has 0 aliphatic carbocycles. The van der Waals surface area contributed by atoms with E-state index < -0.39 is 5.97 Å². The number of amides is 1. The predicted octanol–water partition coefficient (Wildman–Crippen LogP) is 2.08. The van der Waals surface area contributed by atoms with Crippen molar-refractivity contribution in [3.63, 3.8) is 0 Å². The van der Waals surface area contributed by atoms with E-state index in [-0.39, 0.29) is 18.9 Å². The molecule has 116 valence electrons. The molecular formula is C15H21NO5. The molecule has 2 N–H and O–H groups in total. The van der Waals surface area contributed by atoms with Crippen LogP contribution in [0.1, 0.15) is 25.3 Å². The van der Waals surface area contributed by atoms with E-state index in [1.807, 2.05) is 19.1 Å². The van der Waals surface area contributed by atoms with Gasteiger partial charge in [0.1, 0.15) is 12.4 Å². The van der Waals surface area contributed by atoms with Gasteiger partial charge in [-0.3, -0.25) is 9.59 Å². The van der Waals surface area contributed by atoms with Gasteiger partial charge in [-0.2, -0.15) is 0 Å². The van der Waals surface area contributed by atoms with Crippen molar-refractivity contribution in [1.82, 2.24) is 0 Å². The van der Waals surface area contributed by atoms with Crippen LogP contribution < -0.4 is 10.1 Å². The molecule has 1 aromatic rings. The van der Waals surface area contributed by atoms with Crippen molar-refractivity contribution in [3.8, 4) is 5.75 Å². The summed E-state index contributed by atoms with van der Waals surface area (Å²) in [4.78, 5) is 22.1. The number of hydrogen-bond acceptors (Lipinski definition) is 4. The number of carboxylic acids is 1. The van der Waals surface area contributed by atoms with E-state index in [1.54, 1.807) is 6.07 Å². The minimum Gasteiger partial charge on any atom is -0.492 e. The lowest BCUT2D eigenvalue weighted by atomic mass is 10.1. The highest BCUT2D eigenvalue weighted by Crippen LogP contribution is 2.26. The van der Waals surface area contributed by atoms with Gasteiger partial charge in [-0.25, -0.2) is 0 Å². The summed E-state index contributed by atoms with van der Waals surface area (Å²) < 4.78 is 10.3. The van der Waals surface area contributed by atoms with Crippen LogP contribution in [-0.2, 0) is 20.7 Å². The second kappa shape index (κ2) is 8.97. The molecule has 1 amide bonds. The SMILES string of the molecule is CCOc1cc(CCCC(=O)O)ccc1NC(=O)COC. The summed E-state index contributed by atoms with van der Waals surface area (Å²) in [6.45, 7) is 2.31. The Hall–Kier alpha value is -2.08. The van der Waals surface area contributed by atoms with Crippen LogP contribution in [0.25, 0.3) is 0 Å². The summed E-state index contributed by atoms with van der Waals surface area (Å²) in [5.41, 5.74) is 1.56. The molecule has 0 heterocycles. The van der Waals surface area contributed by atoms with E-state index in [1.165, 1.54) is 7.11 Å². The van der Waals surface area contributed by atoms with Crippen molar-refractivity contribution in [2.45, 2.75) is 26.2 Å². The number of hydrogen-bond donors (Lipinski definition) is 2. The second-order valence-electron chi connectivity index (χ2n) is 4.49. The third-order valence-electron chi connectivity index (χ3n) is 2.75. The van der Waals surface area contributed by atoms with Crippen LogP contribution in [-0.4, -0.2) is 37.3 Å². The smallest absolute Gasteiger partial charge is 0.303 e. The van der Waals surface area contributed by atoms with Gasteiger partial charge in [0, 0.05) is 13.5 Å². The molecule has 0 fully saturated rings. The van der Waals surface area contributed by atoms with Crippen LogP contribution in [0.3, 0.4) is 0 Å². The first-order valence-corrected chi connectivity index (χ1v) is 6.83. The fourth-order valence-corrected chi connectivity index (χ4v) is 1.86. The third kappa shape index (κ3) is 6.27. The van der Waals surface area contributed by atoms with Crippen molar-refractivity contribution in [2.75, 3.05) is 25.6 Å². The highest BCUT2D eigenvalue weighted by atomic mass is 16.5. The monoisotopic (exact) mass is 295 g/mol. The van der Waals surface area contributed by atoms with Gasteiger partial charge >= 0.3 is 5.97 Å². The van der Waals surface area contributed by atoms with Crippen molar-refractivity contribution in [2.24, 2.45) is 0 Å². The number of benzene rings is 1. The topological polar surface area (TPSA) is 84.9 Å². The number of methoxy groups -OCH3 is 1. The second-order valence-corrected chi connectivity index (χ2v) is 4.49. The zero-order chi connectivity index (χ0) is 15.7. The van der Waals surface area contributed by atoms with Gasteiger partial charge in [0.25, 0.3) is 0 Å². The summed E-state index contributed by atoms with van der Waals surface area (Å²) >= 11 is 0. The summed E-state index contributed by atoms with van der Waals surface area (Å²) in [6, 6.07) is 5.44. The van der Waals surface area contributed by atoms with E-state index >= 15 is 0 Å². The zero-order valence-corrected chi connectivity index (χ0v) is 12.3. The molecule has 6 nitrogen and oxygen atoms in total. The third-order valence-corrected chi connectivity index (χ3v) is 2.75. The standard InChI is InChI=1S/C15H21NO5/c1-3-21-13-9-11(5-4-6-15(18)19)7-8-12(13)16-14(17)10-20-2/h7-9H,3-6,10H2,1-2H3,(H,16,17)(H,18,19). The molecule has 0 aliphatic heterocycles. The summed E-state index contributed by atoms with van der Waals surface area (Å²) in [6.07, 6.45) is 1.35. The molecule has 0 aromatic heterocycles. The maximum absolute atomic E-state index is 11.5. The molecule has 1 rings (SSSR count). The average Bonchev–Trinajstić information content (AvgIpc) is 2.42. The minimum absolute atomic E-state index is 0.0219. The Morgan fingerprint density at radius 2 is 2.10 bits per heavy atom. The van der Waals surface area contributed by atoms with Crippen molar-refractivity contribution < 1.29 is 24.2 Å². The van der Waals surface area contributed by atoms with E-state index in [0.717, 1.165) is 5.56 Å². The predicted molar refractivity (Wildman–Crippen MR) is 78.7 cm³/mol. The Morgan fingerprint density at radius 1 is 1.33 bits per heavy atom. The fraction of sp³-hybridized carbons (Fsp3) is 0.467. The van der Waals surface area contributed by atoms with Crippen LogP contribution in [0, 0.1) is 0 Å². The van der Waals surface area contributed by atoms with E-state index in [0.29, 0.717) is 30.9 Å². The minimum atomic E-state index is -0.802. The van der Waals surface area contributed by atoms with Crippen molar-refractivity contribution in [1.29, 1.82) is 0 Å². The maximum Gasteiger partial charge on any atom is 0.303 e. The number of aliphatic carboxylic acids is 1. The van der Waals surface area contributed by atoms with Gasteiger partial charge in [-0.05, 0) is 37.5 Å². The van der Waals surface area contributed by atoms with Crippen LogP contribution in [0.15, 0.2) is 18.2 Å². The lowest BCUT2D eigenvalue weighted by Gasteiger charge is -2.13. The number of rotatable bonds is 9. The first-order valence-electron chi connectivity index (χ1n) is 6.83. The molecule has 0 spiro atoms. The first-order chi connectivity index (χ1) is 10.1. The van der Waals surface area contributed by atoms with Crippen molar-refractivity contribution in [3.05, 3.63) is 23.8 Å². The molecule has 0 saturated carbocycles. The molecule has 0 saturated heterocycles. The average molecular weight is 295 g/mol. The zero-order valence-electron chi connectivity index (χ0n) is 12.3. The Morgan fingerprint density at radius 3 is 2.71 bits per heavy atom. The number of carbonyl (C=O) groups is 2. The van der Waals surface area contributed by atoms with Crippen LogP contribution in [0.4, 0.5) is 5.69 Å². The molecule has 0 radical (unpaired) electrons. The number of anilines is 1. The Labute approximate surface area is 124 Å².